The highest BCUT2D eigenvalue weighted by Gasteiger charge is 2.43. The lowest BCUT2D eigenvalue weighted by Crippen LogP contribution is -2.40. The normalized spacial score (nSPS) is 14.7. The number of hydrogen-bond acceptors (Lipinski definition) is 4. The molecule has 0 spiro atoms. The summed E-state index contributed by atoms with van der Waals surface area (Å²) in [5, 5.41) is 0. The van der Waals surface area contributed by atoms with Gasteiger partial charge in [0, 0.05) is 6.42 Å². The molecule has 0 bridgehead atoms. The van der Waals surface area contributed by atoms with Gasteiger partial charge in [-0.15, -0.1) is 6.58 Å². The molecule has 0 aliphatic rings. The van der Waals surface area contributed by atoms with Gasteiger partial charge in [-0.25, -0.2) is 0 Å². The lowest BCUT2D eigenvalue weighted by atomic mass is 9.77. The van der Waals surface area contributed by atoms with E-state index in [4.69, 9.17) is 9.47 Å². The number of Topliss-reactive ketones (excluding diaryl/α,β-unsaturated/α-hetero) is 1. The van der Waals surface area contributed by atoms with Gasteiger partial charge in [0.1, 0.15) is 17.3 Å². The maximum atomic E-state index is 12.8. The summed E-state index contributed by atoms with van der Waals surface area (Å²) in [4.78, 5) is 25.0. The van der Waals surface area contributed by atoms with E-state index in [2.05, 4.69) is 6.58 Å². The topological polar surface area (TPSA) is 52.6 Å². The summed E-state index contributed by atoms with van der Waals surface area (Å²) in [6.45, 7) is 13.0. The fourth-order valence-electron chi connectivity index (χ4n) is 2.43. The van der Waals surface area contributed by atoms with E-state index < -0.39 is 11.4 Å². The Balaban J connectivity index is 5.08. The number of hydrogen-bond donors (Lipinski definition) is 0. The Morgan fingerprint density at radius 2 is 1.62 bits per heavy atom. The van der Waals surface area contributed by atoms with Gasteiger partial charge in [-0.3, -0.25) is 9.59 Å². The van der Waals surface area contributed by atoms with Gasteiger partial charge in [0.25, 0.3) is 0 Å². The third kappa shape index (κ3) is 7.26. The predicted octanol–water partition coefficient (Wildman–Crippen LogP) is 4.41. The number of ketones is 1. The van der Waals surface area contributed by atoms with Crippen molar-refractivity contribution in [2.24, 2.45) is 5.41 Å². The Bertz CT molecular complexity index is 448. The van der Waals surface area contributed by atoms with Crippen LogP contribution in [0.3, 0.4) is 0 Å². The van der Waals surface area contributed by atoms with E-state index in [1.807, 2.05) is 52.0 Å². The smallest absolute Gasteiger partial charge is 0.320 e. The van der Waals surface area contributed by atoms with Crippen LogP contribution in [0.25, 0.3) is 0 Å². The summed E-state index contributed by atoms with van der Waals surface area (Å²) >= 11 is 0. The Kier molecular flexibility index (Phi) is 11.0. The first-order chi connectivity index (χ1) is 11.3. The zero-order valence-electron chi connectivity index (χ0n) is 15.7. The molecule has 0 fully saturated rings. The fourth-order valence-corrected chi connectivity index (χ4v) is 2.43. The summed E-state index contributed by atoms with van der Waals surface area (Å²) in [6.07, 6.45) is 9.93. The number of carbonyl (C=O) groups is 2. The number of allylic oxidation sites excluding steroid dienone is 4. The molecule has 24 heavy (non-hydrogen) atoms. The Morgan fingerprint density at radius 1 is 1.08 bits per heavy atom. The van der Waals surface area contributed by atoms with Crippen molar-refractivity contribution in [3.8, 4) is 0 Å². The monoisotopic (exact) mass is 336 g/mol. The molecular formula is C20H32O4. The Labute approximate surface area is 146 Å². The maximum Gasteiger partial charge on any atom is 0.320 e. The lowest BCUT2D eigenvalue weighted by molar-refractivity contribution is -0.165. The zero-order valence-corrected chi connectivity index (χ0v) is 15.7. The first kappa shape index (κ1) is 22.3. The van der Waals surface area contributed by atoms with Crippen molar-refractivity contribution < 1.29 is 19.1 Å². The van der Waals surface area contributed by atoms with Gasteiger partial charge >= 0.3 is 5.97 Å². The molecule has 0 saturated heterocycles. The molecule has 0 aromatic rings. The van der Waals surface area contributed by atoms with Crippen LogP contribution in [0.5, 0.6) is 0 Å². The molecule has 0 N–H and O–H groups in total. The van der Waals surface area contributed by atoms with Crippen LogP contribution in [-0.4, -0.2) is 30.6 Å². The van der Waals surface area contributed by atoms with Crippen LogP contribution in [0.4, 0.5) is 0 Å². The summed E-state index contributed by atoms with van der Waals surface area (Å²) in [7, 11) is 0. The molecule has 0 aromatic heterocycles. The summed E-state index contributed by atoms with van der Waals surface area (Å²) in [6, 6.07) is 0. The van der Waals surface area contributed by atoms with E-state index in [1.165, 1.54) is 6.92 Å². The van der Waals surface area contributed by atoms with Gasteiger partial charge in [0.15, 0.2) is 0 Å². The van der Waals surface area contributed by atoms with Gasteiger partial charge in [0.05, 0.1) is 12.7 Å². The zero-order chi connectivity index (χ0) is 18.6. The predicted molar refractivity (Wildman–Crippen MR) is 97.8 cm³/mol. The third-order valence-corrected chi connectivity index (χ3v) is 3.94. The van der Waals surface area contributed by atoms with Crippen molar-refractivity contribution in [1.29, 1.82) is 0 Å². The highest BCUT2D eigenvalue weighted by atomic mass is 16.5. The molecule has 2 atom stereocenters. The number of esters is 1. The molecule has 0 saturated carbocycles. The second-order valence-electron chi connectivity index (χ2n) is 6.07. The van der Waals surface area contributed by atoms with E-state index in [9.17, 15) is 9.59 Å². The number of rotatable bonds is 12. The standard InChI is InChI=1S/C20H32O4/c1-7-10-12-20(18(6)21,13-11-8-2)19(22)24-17(5)15-16(4)23-14-9-3/h7-11,16-17H,3,12-15H2,1-2,4-6H3/b10-7-,11-8-/t16-,17-/m1/s1. The van der Waals surface area contributed by atoms with Crippen molar-refractivity contribution in [2.75, 3.05) is 6.61 Å². The molecule has 0 aliphatic heterocycles. The quantitative estimate of drug-likeness (QED) is 0.301. The van der Waals surface area contributed by atoms with E-state index in [1.54, 1.807) is 6.08 Å². The van der Waals surface area contributed by atoms with E-state index in [-0.39, 0.29) is 18.0 Å². The largest absolute Gasteiger partial charge is 0.462 e. The Morgan fingerprint density at radius 3 is 2.04 bits per heavy atom. The minimum atomic E-state index is -1.15. The molecule has 4 heteroatoms. The fraction of sp³-hybridized carbons (Fsp3) is 0.600. The van der Waals surface area contributed by atoms with Crippen LogP contribution in [0.15, 0.2) is 37.0 Å². The Hall–Kier alpha value is -1.68. The first-order valence-electron chi connectivity index (χ1n) is 8.51. The van der Waals surface area contributed by atoms with Crippen LogP contribution in [-0.2, 0) is 19.1 Å². The van der Waals surface area contributed by atoms with E-state index in [0.717, 1.165) is 0 Å². The average molecular weight is 336 g/mol. The molecule has 136 valence electrons. The lowest BCUT2D eigenvalue weighted by Gasteiger charge is -2.29. The second-order valence-corrected chi connectivity index (χ2v) is 6.07. The van der Waals surface area contributed by atoms with Crippen molar-refractivity contribution in [1.82, 2.24) is 0 Å². The molecule has 0 rings (SSSR count). The first-order valence-corrected chi connectivity index (χ1v) is 8.51. The van der Waals surface area contributed by atoms with Gasteiger partial charge in [-0.2, -0.15) is 0 Å². The van der Waals surface area contributed by atoms with Gasteiger partial charge in [-0.1, -0.05) is 30.4 Å². The van der Waals surface area contributed by atoms with Crippen LogP contribution >= 0.6 is 0 Å². The average Bonchev–Trinajstić information content (AvgIpc) is 2.52. The molecule has 0 unspecified atom stereocenters. The molecule has 0 amide bonds. The molecular weight excluding hydrogens is 304 g/mol. The minimum Gasteiger partial charge on any atom is -0.462 e. The van der Waals surface area contributed by atoms with E-state index in [0.29, 0.717) is 25.9 Å². The van der Waals surface area contributed by atoms with Crippen LogP contribution in [0.1, 0.15) is 53.9 Å². The van der Waals surface area contributed by atoms with Gasteiger partial charge in [0.2, 0.25) is 0 Å². The van der Waals surface area contributed by atoms with Gasteiger partial charge < -0.3 is 9.47 Å². The van der Waals surface area contributed by atoms with Crippen LogP contribution in [0, 0.1) is 5.41 Å². The summed E-state index contributed by atoms with van der Waals surface area (Å²) < 4.78 is 11.1. The number of ether oxygens (including phenoxy) is 2. The summed E-state index contributed by atoms with van der Waals surface area (Å²) in [5.41, 5.74) is -1.15. The second kappa shape index (κ2) is 11.8. The van der Waals surface area contributed by atoms with Crippen molar-refractivity contribution in [2.45, 2.75) is 66.1 Å². The molecule has 0 aliphatic carbocycles. The SMILES string of the molecule is C=CCO[C@H](C)C[C@@H](C)OC(=O)C(C/C=C\C)(C/C=C\C)C(C)=O. The number of carbonyl (C=O) groups excluding carboxylic acids is 2. The van der Waals surface area contributed by atoms with Crippen molar-refractivity contribution in [3.05, 3.63) is 37.0 Å². The van der Waals surface area contributed by atoms with E-state index >= 15 is 0 Å². The van der Waals surface area contributed by atoms with Crippen molar-refractivity contribution in [3.63, 3.8) is 0 Å². The van der Waals surface area contributed by atoms with Crippen LogP contribution in [0.2, 0.25) is 0 Å². The third-order valence-electron chi connectivity index (χ3n) is 3.94. The highest BCUT2D eigenvalue weighted by molar-refractivity contribution is 6.03. The van der Waals surface area contributed by atoms with Crippen molar-refractivity contribution >= 4 is 11.8 Å². The summed E-state index contributed by atoms with van der Waals surface area (Å²) in [5.74, 6) is -0.638. The van der Waals surface area contributed by atoms with Crippen LogP contribution < -0.4 is 0 Å². The maximum absolute atomic E-state index is 12.8. The highest BCUT2D eigenvalue weighted by Crippen LogP contribution is 2.32. The molecule has 0 aromatic carbocycles. The van der Waals surface area contributed by atoms with Gasteiger partial charge in [-0.05, 0) is 47.5 Å². The molecule has 0 radical (unpaired) electrons. The minimum absolute atomic E-state index is 0.0522. The molecule has 4 nitrogen and oxygen atoms in total. The molecule has 0 heterocycles.